The van der Waals surface area contributed by atoms with Crippen LogP contribution in [0.3, 0.4) is 0 Å². The first-order chi connectivity index (χ1) is 5.69. The average Bonchev–Trinajstić information content (AvgIpc) is 1.81. The van der Waals surface area contributed by atoms with Gasteiger partial charge in [-0.2, -0.15) is 0 Å². The van der Waals surface area contributed by atoms with Gasteiger partial charge in [0.15, 0.2) is 0 Å². The zero-order valence-corrected chi connectivity index (χ0v) is 11.6. The van der Waals surface area contributed by atoms with Crippen molar-refractivity contribution in [1.82, 2.24) is 3.38 Å². The molecule has 0 aliphatic rings. The van der Waals surface area contributed by atoms with E-state index in [1.54, 1.807) is 0 Å². The van der Waals surface area contributed by atoms with Gasteiger partial charge in [0.2, 0.25) is 0 Å². The van der Waals surface area contributed by atoms with Crippen molar-refractivity contribution in [3.8, 4) is 0 Å². The van der Waals surface area contributed by atoms with Crippen LogP contribution in [0.25, 0.3) is 0 Å². The molecule has 3 heteroatoms. The maximum atomic E-state index is 5.60. The summed E-state index contributed by atoms with van der Waals surface area (Å²) >= 11 is -0.424. The van der Waals surface area contributed by atoms with Gasteiger partial charge in [0.25, 0.3) is 0 Å². The SMILES string of the molecule is CC[O][Ti][N](C(C)(C)C)C(C)(C)C. The van der Waals surface area contributed by atoms with Crippen LogP contribution in [-0.2, 0) is 23.1 Å². The van der Waals surface area contributed by atoms with Crippen molar-refractivity contribution in [2.24, 2.45) is 0 Å². The van der Waals surface area contributed by atoms with Crippen LogP contribution in [0.4, 0.5) is 0 Å². The quantitative estimate of drug-likeness (QED) is 0.679. The van der Waals surface area contributed by atoms with Crippen molar-refractivity contribution < 1.29 is 23.1 Å². The normalized spacial score (nSPS) is 13.5. The summed E-state index contributed by atoms with van der Waals surface area (Å²) in [6.07, 6.45) is 0. The van der Waals surface area contributed by atoms with E-state index in [9.17, 15) is 0 Å². The van der Waals surface area contributed by atoms with Gasteiger partial charge in [0, 0.05) is 0 Å². The summed E-state index contributed by atoms with van der Waals surface area (Å²) in [5, 5.41) is 0. The van der Waals surface area contributed by atoms with E-state index in [2.05, 4.69) is 51.8 Å². The molecule has 0 aliphatic carbocycles. The van der Waals surface area contributed by atoms with Crippen LogP contribution in [0.15, 0.2) is 0 Å². The molecule has 0 fully saturated rings. The Morgan fingerprint density at radius 1 is 1.00 bits per heavy atom. The summed E-state index contributed by atoms with van der Waals surface area (Å²) < 4.78 is 8.09. The molecule has 0 rings (SSSR count). The molecule has 0 bridgehead atoms. The number of hydrogen-bond donors (Lipinski definition) is 0. The molecule has 0 atom stereocenters. The van der Waals surface area contributed by atoms with E-state index < -0.39 is 19.8 Å². The van der Waals surface area contributed by atoms with Gasteiger partial charge >= 0.3 is 92.6 Å². The van der Waals surface area contributed by atoms with Gasteiger partial charge in [-0.15, -0.1) is 0 Å². The van der Waals surface area contributed by atoms with E-state index in [1.165, 1.54) is 0 Å². The van der Waals surface area contributed by atoms with Crippen molar-refractivity contribution in [3.05, 3.63) is 0 Å². The molecule has 0 saturated heterocycles. The summed E-state index contributed by atoms with van der Waals surface area (Å²) in [5.41, 5.74) is 0.431. The molecular formula is C10H23NOTi. The molecule has 0 amide bonds. The predicted octanol–water partition coefficient (Wildman–Crippen LogP) is 2.83. The Labute approximate surface area is 92.7 Å². The van der Waals surface area contributed by atoms with Crippen LogP contribution < -0.4 is 0 Å². The van der Waals surface area contributed by atoms with Gasteiger partial charge in [-0.05, 0) is 0 Å². The fourth-order valence-corrected chi connectivity index (χ4v) is 2.67. The van der Waals surface area contributed by atoms with Gasteiger partial charge in [0.05, 0.1) is 0 Å². The Bertz CT molecular complexity index is 132. The fourth-order valence-electron chi connectivity index (χ4n) is 1.41. The monoisotopic (exact) mass is 221 g/mol. The third-order valence-electron chi connectivity index (χ3n) is 1.64. The van der Waals surface area contributed by atoms with Crippen molar-refractivity contribution in [1.29, 1.82) is 0 Å². The Balaban J connectivity index is 4.39. The fraction of sp³-hybridized carbons (Fsp3) is 1.00. The van der Waals surface area contributed by atoms with Gasteiger partial charge in [-0.3, -0.25) is 0 Å². The minimum atomic E-state index is -0.424. The van der Waals surface area contributed by atoms with Crippen molar-refractivity contribution in [3.63, 3.8) is 0 Å². The van der Waals surface area contributed by atoms with Crippen molar-refractivity contribution in [2.75, 3.05) is 6.61 Å². The van der Waals surface area contributed by atoms with Crippen molar-refractivity contribution in [2.45, 2.75) is 59.5 Å². The molecule has 0 aromatic carbocycles. The molecule has 78 valence electrons. The van der Waals surface area contributed by atoms with Crippen LogP contribution in [0.1, 0.15) is 48.5 Å². The molecule has 0 saturated carbocycles. The second-order valence-corrected chi connectivity index (χ2v) is 6.64. The minimum absolute atomic E-state index is 0.216. The van der Waals surface area contributed by atoms with Crippen LogP contribution >= 0.6 is 0 Å². The standard InChI is InChI=1S/C8H18N.C2H5O.Ti/c1-7(2,3)9-8(4,5)6;1-2-3;/h1-6H3;2H2,1H3;/q2*-1;+2. The Kier molecular flexibility index (Phi) is 5.17. The summed E-state index contributed by atoms with van der Waals surface area (Å²) in [4.78, 5) is 0. The van der Waals surface area contributed by atoms with E-state index in [0.29, 0.717) is 0 Å². The molecule has 0 heterocycles. The van der Waals surface area contributed by atoms with Crippen LogP contribution in [0.5, 0.6) is 0 Å². The Morgan fingerprint density at radius 3 is 1.62 bits per heavy atom. The van der Waals surface area contributed by atoms with Gasteiger partial charge in [-0.25, -0.2) is 0 Å². The topological polar surface area (TPSA) is 12.5 Å². The number of hydrogen-bond acceptors (Lipinski definition) is 2. The van der Waals surface area contributed by atoms with Gasteiger partial charge in [-0.1, -0.05) is 0 Å². The summed E-state index contributed by atoms with van der Waals surface area (Å²) in [5.74, 6) is 0. The summed E-state index contributed by atoms with van der Waals surface area (Å²) in [6, 6.07) is 0. The Morgan fingerprint density at radius 2 is 1.38 bits per heavy atom. The zero-order valence-electron chi connectivity index (χ0n) is 10.1. The summed E-state index contributed by atoms with van der Waals surface area (Å²) in [7, 11) is 0. The molecule has 0 aromatic rings. The molecule has 0 aromatic heterocycles. The number of nitrogens with zero attached hydrogens (tertiary/aromatic N) is 1. The maximum absolute atomic E-state index is 5.60. The van der Waals surface area contributed by atoms with E-state index in [0.717, 1.165) is 6.61 Å². The molecule has 0 aliphatic heterocycles. The molecule has 0 radical (unpaired) electrons. The third kappa shape index (κ3) is 5.16. The van der Waals surface area contributed by atoms with Gasteiger partial charge < -0.3 is 0 Å². The second kappa shape index (κ2) is 4.92. The van der Waals surface area contributed by atoms with Crippen LogP contribution in [0, 0.1) is 0 Å². The van der Waals surface area contributed by atoms with E-state index in [-0.39, 0.29) is 11.1 Å². The molecule has 0 unspecified atom stereocenters. The average molecular weight is 221 g/mol. The molecule has 0 N–H and O–H groups in total. The molecular weight excluding hydrogens is 198 g/mol. The predicted molar refractivity (Wildman–Crippen MR) is 53.0 cm³/mol. The van der Waals surface area contributed by atoms with Crippen LogP contribution in [0.2, 0.25) is 0 Å². The molecule has 0 spiro atoms. The summed E-state index contributed by atoms with van der Waals surface area (Å²) in [6.45, 7) is 16.4. The van der Waals surface area contributed by atoms with E-state index in [1.807, 2.05) is 0 Å². The van der Waals surface area contributed by atoms with Crippen LogP contribution in [-0.4, -0.2) is 21.1 Å². The first-order valence-corrected chi connectivity index (χ1v) is 6.21. The number of rotatable bonds is 3. The van der Waals surface area contributed by atoms with E-state index in [4.69, 9.17) is 3.32 Å². The van der Waals surface area contributed by atoms with Gasteiger partial charge in [0.1, 0.15) is 0 Å². The van der Waals surface area contributed by atoms with E-state index >= 15 is 0 Å². The zero-order chi connectivity index (χ0) is 10.7. The molecule has 2 nitrogen and oxygen atoms in total. The first kappa shape index (κ1) is 13.6. The van der Waals surface area contributed by atoms with Crippen molar-refractivity contribution >= 4 is 0 Å². The first-order valence-electron chi connectivity index (χ1n) is 4.87. The molecule has 13 heavy (non-hydrogen) atoms. The Hall–Kier alpha value is 0.634. The second-order valence-electron chi connectivity index (χ2n) is 5.20. The third-order valence-corrected chi connectivity index (χ3v) is 4.67.